The number of halogens is 11. The van der Waals surface area contributed by atoms with Crippen molar-refractivity contribution in [2.45, 2.75) is 23.9 Å². The van der Waals surface area contributed by atoms with E-state index in [4.69, 9.17) is 33.7 Å². The SMILES string of the molecule is COc1c(N)cccc1C(=O)Nc1c(Cl)cc(C(F)(C(F)(F)F)C(F)(F)C(F)(F)F)cc1Cl. The predicted octanol–water partition coefficient (Wildman–Crippen LogP) is 6.76. The number of methoxy groups -OCH3 is 1. The van der Waals surface area contributed by atoms with E-state index in [2.05, 4.69) is 0 Å². The van der Waals surface area contributed by atoms with E-state index in [0.29, 0.717) is 0 Å². The molecule has 0 bridgehead atoms. The number of hydrogen-bond donors (Lipinski definition) is 2. The largest absolute Gasteiger partial charge is 0.494 e. The minimum absolute atomic E-state index is 0.0134. The molecule has 2 aromatic rings. The van der Waals surface area contributed by atoms with Crippen molar-refractivity contribution in [3.05, 3.63) is 51.5 Å². The highest BCUT2D eigenvalue weighted by Crippen LogP contribution is 2.59. The van der Waals surface area contributed by atoms with Gasteiger partial charge < -0.3 is 15.8 Å². The molecule has 2 rings (SSSR count). The van der Waals surface area contributed by atoms with E-state index >= 15 is 0 Å². The second-order valence-electron chi connectivity index (χ2n) is 6.43. The summed E-state index contributed by atoms with van der Waals surface area (Å²) in [5.74, 6) is -8.08. The van der Waals surface area contributed by atoms with Gasteiger partial charge in [-0.3, -0.25) is 4.79 Å². The predicted molar refractivity (Wildman–Crippen MR) is 102 cm³/mol. The molecule has 1 unspecified atom stereocenters. The molecular weight excluding hydrogens is 518 g/mol. The third-order valence-electron chi connectivity index (χ3n) is 4.35. The van der Waals surface area contributed by atoms with Gasteiger partial charge in [-0.05, 0) is 24.3 Å². The number of benzene rings is 2. The summed E-state index contributed by atoms with van der Waals surface area (Å²) in [5.41, 5.74) is -3.74. The van der Waals surface area contributed by atoms with Crippen molar-refractivity contribution in [3.63, 3.8) is 0 Å². The van der Waals surface area contributed by atoms with Crippen LogP contribution in [0.2, 0.25) is 10.0 Å². The second-order valence-corrected chi connectivity index (χ2v) is 7.24. The van der Waals surface area contributed by atoms with Gasteiger partial charge in [0.05, 0.1) is 34.1 Å². The molecule has 15 heteroatoms. The maximum absolute atomic E-state index is 14.6. The molecule has 182 valence electrons. The zero-order valence-corrected chi connectivity index (χ0v) is 17.5. The molecule has 4 nitrogen and oxygen atoms in total. The molecule has 0 heterocycles. The molecule has 0 aliphatic carbocycles. The molecular formula is C18H11Cl2F9N2O2. The van der Waals surface area contributed by atoms with Crippen LogP contribution < -0.4 is 15.8 Å². The molecule has 0 aromatic heterocycles. The van der Waals surface area contributed by atoms with Gasteiger partial charge in [-0.2, -0.15) is 35.1 Å². The average molecular weight is 529 g/mol. The van der Waals surface area contributed by atoms with Crippen LogP contribution in [0.3, 0.4) is 0 Å². The lowest BCUT2D eigenvalue weighted by Crippen LogP contribution is -2.59. The molecule has 3 N–H and O–H groups in total. The fraction of sp³-hybridized carbons (Fsp3) is 0.278. The van der Waals surface area contributed by atoms with Crippen molar-refractivity contribution >= 4 is 40.5 Å². The molecule has 0 fully saturated rings. The van der Waals surface area contributed by atoms with Crippen molar-refractivity contribution < 1.29 is 49.0 Å². The minimum atomic E-state index is -6.92. The van der Waals surface area contributed by atoms with E-state index in [9.17, 15) is 44.3 Å². The molecule has 33 heavy (non-hydrogen) atoms. The smallest absolute Gasteiger partial charge is 0.457 e. The zero-order chi connectivity index (χ0) is 25.6. The van der Waals surface area contributed by atoms with Gasteiger partial charge in [0, 0.05) is 5.56 Å². The van der Waals surface area contributed by atoms with Crippen molar-refractivity contribution in [3.8, 4) is 5.75 Å². The van der Waals surface area contributed by atoms with Gasteiger partial charge in [0.1, 0.15) is 0 Å². The summed E-state index contributed by atoms with van der Waals surface area (Å²) >= 11 is 11.4. The van der Waals surface area contributed by atoms with Crippen molar-refractivity contribution in [2.24, 2.45) is 0 Å². The highest BCUT2D eigenvalue weighted by atomic mass is 35.5. The van der Waals surface area contributed by atoms with E-state index in [1.807, 2.05) is 5.32 Å². The number of ether oxygens (including phenoxy) is 1. The normalized spacial score (nSPS) is 14.5. The Bertz CT molecular complexity index is 1050. The minimum Gasteiger partial charge on any atom is -0.494 e. The number of nitrogen functional groups attached to an aromatic ring is 1. The Morgan fingerprint density at radius 3 is 1.88 bits per heavy atom. The first-order valence-electron chi connectivity index (χ1n) is 8.33. The molecule has 2 aromatic carbocycles. The van der Waals surface area contributed by atoms with Crippen LogP contribution in [-0.2, 0) is 5.67 Å². The van der Waals surface area contributed by atoms with E-state index < -0.39 is 51.1 Å². The van der Waals surface area contributed by atoms with Crippen molar-refractivity contribution in [2.75, 3.05) is 18.2 Å². The molecule has 0 saturated heterocycles. The highest BCUT2D eigenvalue weighted by molar-refractivity contribution is 6.40. The van der Waals surface area contributed by atoms with Gasteiger partial charge in [0.25, 0.3) is 5.91 Å². The number of rotatable bonds is 5. The monoisotopic (exact) mass is 528 g/mol. The Hall–Kier alpha value is -2.54. The lowest BCUT2D eigenvalue weighted by Gasteiger charge is -2.36. The van der Waals surface area contributed by atoms with E-state index in [1.54, 1.807) is 0 Å². The lowest BCUT2D eigenvalue weighted by molar-refractivity contribution is -0.389. The van der Waals surface area contributed by atoms with Crippen LogP contribution in [0.15, 0.2) is 30.3 Å². The Balaban J connectivity index is 2.60. The second kappa shape index (κ2) is 8.67. The average Bonchev–Trinajstić information content (AvgIpc) is 2.67. The van der Waals surface area contributed by atoms with Crippen LogP contribution >= 0.6 is 23.2 Å². The number of hydrogen-bond acceptors (Lipinski definition) is 3. The van der Waals surface area contributed by atoms with Gasteiger partial charge in [-0.1, -0.05) is 29.3 Å². The summed E-state index contributed by atoms with van der Waals surface area (Å²) in [7, 11) is 1.16. The van der Waals surface area contributed by atoms with Gasteiger partial charge in [0.2, 0.25) is 0 Å². The maximum Gasteiger partial charge on any atom is 0.457 e. The van der Waals surface area contributed by atoms with Crippen molar-refractivity contribution in [1.82, 2.24) is 0 Å². The summed E-state index contributed by atoms with van der Waals surface area (Å²) in [6, 6.07) is 3.61. The molecule has 1 amide bonds. The fourth-order valence-electron chi connectivity index (χ4n) is 2.75. The van der Waals surface area contributed by atoms with Gasteiger partial charge in [-0.25, -0.2) is 4.39 Å². The number of carbonyl (C=O) groups is 1. The van der Waals surface area contributed by atoms with E-state index in [-0.39, 0.29) is 29.1 Å². The molecule has 0 radical (unpaired) electrons. The number of amides is 1. The van der Waals surface area contributed by atoms with Gasteiger partial charge in [0.15, 0.2) is 5.75 Å². The number of anilines is 2. The topological polar surface area (TPSA) is 64.3 Å². The standard InChI is InChI=1S/C18H11Cl2F9N2O2/c1-33-13-8(3-2-4-11(13)30)14(32)31-12-9(19)5-7(6-10(12)20)15(21,17(24,25)26)16(22,23)18(27,28)29/h2-6H,30H2,1H3,(H,31,32). The Labute approximate surface area is 189 Å². The summed E-state index contributed by atoms with van der Waals surface area (Å²) in [5, 5.41) is -0.0836. The highest BCUT2D eigenvalue weighted by Gasteiger charge is 2.81. The number of alkyl halides is 9. The summed E-state index contributed by atoms with van der Waals surface area (Å²) < 4.78 is 124. The van der Waals surface area contributed by atoms with Crippen LogP contribution in [0.1, 0.15) is 15.9 Å². The molecule has 1 atom stereocenters. The van der Waals surface area contributed by atoms with E-state index in [1.165, 1.54) is 18.2 Å². The first-order valence-corrected chi connectivity index (χ1v) is 9.09. The quantitative estimate of drug-likeness (QED) is 0.333. The Kier molecular flexibility index (Phi) is 7.02. The lowest BCUT2D eigenvalue weighted by atomic mass is 9.87. The third-order valence-corrected chi connectivity index (χ3v) is 4.95. The van der Waals surface area contributed by atoms with Crippen LogP contribution in [0.25, 0.3) is 0 Å². The molecule has 0 aliphatic rings. The number of nitrogens with one attached hydrogen (secondary N) is 1. The zero-order valence-electron chi connectivity index (χ0n) is 15.9. The Morgan fingerprint density at radius 1 is 0.939 bits per heavy atom. The number of nitrogens with two attached hydrogens (primary N) is 1. The first kappa shape index (κ1) is 26.7. The van der Waals surface area contributed by atoms with Crippen LogP contribution in [-0.4, -0.2) is 31.3 Å². The van der Waals surface area contributed by atoms with Crippen molar-refractivity contribution in [1.29, 1.82) is 0 Å². The number of carbonyl (C=O) groups excluding carboxylic acids is 1. The van der Waals surface area contributed by atoms with Gasteiger partial charge >= 0.3 is 23.9 Å². The summed E-state index contributed by atoms with van der Waals surface area (Å²) in [4.78, 5) is 12.5. The summed E-state index contributed by atoms with van der Waals surface area (Å²) in [6.07, 6.45) is -13.7. The maximum atomic E-state index is 14.6. The summed E-state index contributed by atoms with van der Waals surface area (Å²) in [6.45, 7) is 0. The Morgan fingerprint density at radius 2 is 1.45 bits per heavy atom. The molecule has 0 aliphatic heterocycles. The number of para-hydroxylation sites is 1. The van der Waals surface area contributed by atoms with Gasteiger partial charge in [-0.15, -0.1) is 0 Å². The van der Waals surface area contributed by atoms with Crippen LogP contribution in [0.5, 0.6) is 5.75 Å². The van der Waals surface area contributed by atoms with Crippen LogP contribution in [0.4, 0.5) is 50.9 Å². The third kappa shape index (κ3) is 4.47. The van der Waals surface area contributed by atoms with E-state index in [0.717, 1.165) is 7.11 Å². The molecule has 0 saturated carbocycles. The molecule has 0 spiro atoms. The first-order chi connectivity index (χ1) is 14.9. The fourth-order valence-corrected chi connectivity index (χ4v) is 3.33. The van der Waals surface area contributed by atoms with Crippen LogP contribution in [0, 0.1) is 0 Å².